The lowest BCUT2D eigenvalue weighted by atomic mass is 10.1. The molecule has 0 spiro atoms. The Morgan fingerprint density at radius 1 is 1.22 bits per heavy atom. The van der Waals surface area contributed by atoms with Crippen LogP contribution in [-0.2, 0) is 4.79 Å². The molecule has 3 aromatic rings. The van der Waals surface area contributed by atoms with Gasteiger partial charge in [-0.2, -0.15) is 10.4 Å². The first-order valence-electron chi connectivity index (χ1n) is 12.6. The van der Waals surface area contributed by atoms with Crippen LogP contribution in [0, 0.1) is 17.2 Å². The van der Waals surface area contributed by atoms with Crippen molar-refractivity contribution >= 4 is 17.2 Å². The van der Waals surface area contributed by atoms with Gasteiger partial charge in [0.25, 0.3) is 0 Å². The maximum Gasteiger partial charge on any atom is 0.222 e. The SMILES string of the molecule is CC[C@@H](O)COc1cc(-c2ccc(N3CCN(C(=O)CCC(C)C)CC3)nc2)c2c(C#N)cnn2c1. The molecule has 1 N–H and O–H groups in total. The quantitative estimate of drug-likeness (QED) is 0.489. The first kappa shape index (κ1) is 25.5. The van der Waals surface area contributed by atoms with Crippen molar-refractivity contribution in [2.24, 2.45) is 5.92 Å². The summed E-state index contributed by atoms with van der Waals surface area (Å²) in [4.78, 5) is 21.3. The number of pyridine rings is 2. The van der Waals surface area contributed by atoms with Crippen LogP contribution in [0.5, 0.6) is 5.75 Å². The van der Waals surface area contributed by atoms with E-state index in [2.05, 4.69) is 29.9 Å². The summed E-state index contributed by atoms with van der Waals surface area (Å²) in [5.41, 5.74) is 2.77. The Morgan fingerprint density at radius 2 is 2.00 bits per heavy atom. The average molecular weight is 491 g/mol. The molecule has 1 aliphatic rings. The summed E-state index contributed by atoms with van der Waals surface area (Å²) in [5, 5.41) is 23.8. The van der Waals surface area contributed by atoms with Crippen molar-refractivity contribution < 1.29 is 14.6 Å². The van der Waals surface area contributed by atoms with Gasteiger partial charge in [-0.15, -0.1) is 0 Å². The fourth-order valence-corrected chi connectivity index (χ4v) is 4.28. The van der Waals surface area contributed by atoms with Crippen LogP contribution < -0.4 is 9.64 Å². The van der Waals surface area contributed by atoms with E-state index in [9.17, 15) is 15.2 Å². The molecule has 1 fully saturated rings. The number of rotatable bonds is 9. The minimum absolute atomic E-state index is 0.178. The lowest BCUT2D eigenvalue weighted by Crippen LogP contribution is -2.49. The Labute approximate surface area is 211 Å². The Balaban J connectivity index is 1.51. The van der Waals surface area contributed by atoms with Gasteiger partial charge in [0.2, 0.25) is 5.91 Å². The average Bonchev–Trinajstić information content (AvgIpc) is 3.33. The maximum absolute atomic E-state index is 12.5. The lowest BCUT2D eigenvalue weighted by Gasteiger charge is -2.35. The first-order chi connectivity index (χ1) is 17.4. The zero-order valence-corrected chi connectivity index (χ0v) is 21.2. The van der Waals surface area contributed by atoms with Crippen molar-refractivity contribution in [2.45, 2.75) is 46.1 Å². The van der Waals surface area contributed by atoms with Crippen LogP contribution in [0.2, 0.25) is 0 Å². The maximum atomic E-state index is 12.5. The van der Waals surface area contributed by atoms with Gasteiger partial charge in [0.15, 0.2) is 0 Å². The molecule has 36 heavy (non-hydrogen) atoms. The monoisotopic (exact) mass is 490 g/mol. The molecule has 0 bridgehead atoms. The highest BCUT2D eigenvalue weighted by Gasteiger charge is 2.22. The zero-order valence-electron chi connectivity index (χ0n) is 21.2. The number of amides is 1. The number of anilines is 1. The Hall–Kier alpha value is -3.64. The van der Waals surface area contributed by atoms with Gasteiger partial charge in [0.1, 0.15) is 24.2 Å². The van der Waals surface area contributed by atoms with E-state index in [4.69, 9.17) is 9.72 Å². The molecule has 3 aromatic heterocycles. The molecule has 1 aliphatic heterocycles. The third-order valence-corrected chi connectivity index (χ3v) is 6.57. The predicted molar refractivity (Wildman–Crippen MR) is 138 cm³/mol. The molecule has 190 valence electrons. The van der Waals surface area contributed by atoms with E-state index in [0.717, 1.165) is 36.5 Å². The molecule has 0 unspecified atom stereocenters. The first-order valence-corrected chi connectivity index (χ1v) is 12.6. The highest BCUT2D eigenvalue weighted by molar-refractivity contribution is 5.85. The molecular weight excluding hydrogens is 456 g/mol. The smallest absolute Gasteiger partial charge is 0.222 e. The number of nitriles is 1. The van der Waals surface area contributed by atoms with Crippen LogP contribution in [0.3, 0.4) is 0 Å². The zero-order chi connectivity index (χ0) is 25.7. The molecule has 9 nitrogen and oxygen atoms in total. The van der Waals surface area contributed by atoms with Crippen molar-refractivity contribution in [3.05, 3.63) is 42.4 Å². The predicted octanol–water partition coefficient (Wildman–Crippen LogP) is 3.50. The fraction of sp³-hybridized carbons (Fsp3) is 0.481. The molecule has 0 aliphatic carbocycles. The summed E-state index contributed by atoms with van der Waals surface area (Å²) < 4.78 is 7.43. The molecule has 9 heteroatoms. The van der Waals surface area contributed by atoms with Crippen LogP contribution in [0.15, 0.2) is 36.8 Å². The van der Waals surface area contributed by atoms with E-state index < -0.39 is 6.10 Å². The van der Waals surface area contributed by atoms with Crippen LogP contribution in [0.4, 0.5) is 5.82 Å². The van der Waals surface area contributed by atoms with E-state index in [1.54, 1.807) is 16.9 Å². The van der Waals surface area contributed by atoms with Crippen LogP contribution in [0.1, 0.15) is 45.6 Å². The topological polar surface area (TPSA) is 107 Å². The number of hydrogen-bond donors (Lipinski definition) is 1. The molecule has 4 heterocycles. The Bertz CT molecular complexity index is 1220. The number of aromatic nitrogens is 3. The molecule has 0 radical (unpaired) electrons. The summed E-state index contributed by atoms with van der Waals surface area (Å²) in [7, 11) is 0. The van der Waals surface area contributed by atoms with Crippen molar-refractivity contribution in [2.75, 3.05) is 37.7 Å². The molecule has 1 atom stereocenters. The minimum Gasteiger partial charge on any atom is -0.489 e. The molecule has 0 saturated carbocycles. The second-order valence-corrected chi connectivity index (χ2v) is 9.63. The van der Waals surface area contributed by atoms with Crippen molar-refractivity contribution in [3.63, 3.8) is 0 Å². The summed E-state index contributed by atoms with van der Waals surface area (Å²) in [5.74, 6) is 2.18. The minimum atomic E-state index is -0.552. The van der Waals surface area contributed by atoms with E-state index in [0.29, 0.717) is 48.7 Å². The van der Waals surface area contributed by atoms with E-state index in [1.807, 2.05) is 30.0 Å². The normalized spacial score (nSPS) is 14.8. The number of hydrogen-bond acceptors (Lipinski definition) is 7. The Kier molecular flexibility index (Phi) is 8.06. The largest absolute Gasteiger partial charge is 0.489 e. The van der Waals surface area contributed by atoms with Gasteiger partial charge >= 0.3 is 0 Å². The van der Waals surface area contributed by atoms with Crippen LogP contribution in [-0.4, -0.2) is 69.4 Å². The second kappa shape index (κ2) is 11.4. The van der Waals surface area contributed by atoms with E-state index in [-0.39, 0.29) is 12.5 Å². The van der Waals surface area contributed by atoms with Gasteiger partial charge in [0, 0.05) is 49.9 Å². The third kappa shape index (κ3) is 5.77. The van der Waals surface area contributed by atoms with Crippen LogP contribution in [0.25, 0.3) is 16.6 Å². The summed E-state index contributed by atoms with van der Waals surface area (Å²) in [6.45, 7) is 9.24. The van der Waals surface area contributed by atoms with Gasteiger partial charge in [-0.3, -0.25) is 4.79 Å². The van der Waals surface area contributed by atoms with E-state index >= 15 is 0 Å². The highest BCUT2D eigenvalue weighted by atomic mass is 16.5. The number of nitrogens with zero attached hydrogens (tertiary/aromatic N) is 6. The number of aliphatic hydroxyl groups is 1. The number of carbonyl (C=O) groups is 1. The number of piperazine rings is 1. The van der Waals surface area contributed by atoms with Crippen molar-refractivity contribution in [1.82, 2.24) is 19.5 Å². The van der Waals surface area contributed by atoms with Crippen LogP contribution >= 0.6 is 0 Å². The van der Waals surface area contributed by atoms with Gasteiger partial charge in [-0.05, 0) is 37.0 Å². The third-order valence-electron chi connectivity index (χ3n) is 6.57. The molecule has 4 rings (SSSR count). The molecule has 1 saturated heterocycles. The summed E-state index contributed by atoms with van der Waals surface area (Å²) in [6, 6.07) is 8.02. The van der Waals surface area contributed by atoms with Gasteiger partial charge < -0.3 is 19.6 Å². The highest BCUT2D eigenvalue weighted by Crippen LogP contribution is 2.31. The molecule has 0 aromatic carbocycles. The number of aliphatic hydroxyl groups excluding tert-OH is 1. The molecule has 1 amide bonds. The van der Waals surface area contributed by atoms with Crippen molar-refractivity contribution in [1.29, 1.82) is 5.26 Å². The fourth-order valence-electron chi connectivity index (χ4n) is 4.28. The van der Waals surface area contributed by atoms with Crippen molar-refractivity contribution in [3.8, 4) is 22.9 Å². The number of carbonyl (C=O) groups excluding carboxylic acids is 1. The second-order valence-electron chi connectivity index (χ2n) is 9.63. The summed E-state index contributed by atoms with van der Waals surface area (Å²) in [6.07, 6.45) is 6.62. The lowest BCUT2D eigenvalue weighted by molar-refractivity contribution is -0.131. The summed E-state index contributed by atoms with van der Waals surface area (Å²) >= 11 is 0. The Morgan fingerprint density at radius 3 is 2.64 bits per heavy atom. The van der Waals surface area contributed by atoms with Gasteiger partial charge in [0.05, 0.1) is 29.6 Å². The van der Waals surface area contributed by atoms with Gasteiger partial charge in [-0.25, -0.2) is 9.50 Å². The number of ether oxygens (including phenoxy) is 1. The molecular formula is C27H34N6O3. The number of fused-ring (bicyclic) bond motifs is 1. The standard InChI is InChI=1S/C27H34N6O3/c1-4-22(34)18-36-23-13-24(27-21(14-28)16-30-33(27)17-23)20-6-7-25(29-15-20)31-9-11-32(12-10-31)26(35)8-5-19(2)3/h6-7,13,15-17,19,22,34H,4-5,8-12,18H2,1-3H3/t22-/m1/s1. The van der Waals surface area contributed by atoms with Gasteiger partial charge in [-0.1, -0.05) is 20.8 Å². The van der Waals surface area contributed by atoms with E-state index in [1.165, 1.54) is 6.20 Å².